The fourth-order valence-electron chi connectivity index (χ4n) is 4.49. The Balaban J connectivity index is 1.34. The number of anilines is 2. The summed E-state index contributed by atoms with van der Waals surface area (Å²) in [5, 5.41) is 0. The predicted octanol–water partition coefficient (Wildman–Crippen LogP) is 3.12. The molecule has 2 saturated heterocycles. The summed E-state index contributed by atoms with van der Waals surface area (Å²) in [5.41, 5.74) is 10.2. The standard InChI is InChI=1S/C24H32N4O/c1-26-13-15-27(16-14-26)23-8-7-21(18-22(23)25)24(29)28-11-9-20(10-12-28)17-19-5-3-2-4-6-19/h2-8,18,20H,9-17,25H2,1H3. The van der Waals surface area contributed by atoms with Crippen LogP contribution in [0.25, 0.3) is 0 Å². The zero-order valence-corrected chi connectivity index (χ0v) is 17.4. The molecule has 2 N–H and O–H groups in total. The van der Waals surface area contributed by atoms with E-state index in [9.17, 15) is 4.79 Å². The summed E-state index contributed by atoms with van der Waals surface area (Å²) in [5.74, 6) is 0.769. The molecule has 1 amide bonds. The Labute approximate surface area is 174 Å². The van der Waals surface area contributed by atoms with Crippen molar-refractivity contribution >= 4 is 17.3 Å². The van der Waals surface area contributed by atoms with Gasteiger partial charge >= 0.3 is 0 Å². The molecule has 2 heterocycles. The molecule has 29 heavy (non-hydrogen) atoms. The summed E-state index contributed by atoms with van der Waals surface area (Å²) >= 11 is 0. The Bertz CT molecular complexity index is 822. The molecule has 154 valence electrons. The zero-order chi connectivity index (χ0) is 20.2. The molecule has 0 aliphatic carbocycles. The van der Waals surface area contributed by atoms with E-state index in [-0.39, 0.29) is 5.91 Å². The lowest BCUT2D eigenvalue weighted by Crippen LogP contribution is -2.44. The summed E-state index contributed by atoms with van der Waals surface area (Å²) < 4.78 is 0. The monoisotopic (exact) mass is 392 g/mol. The first-order valence-corrected chi connectivity index (χ1v) is 10.8. The van der Waals surface area contributed by atoms with Crippen molar-refractivity contribution in [3.63, 3.8) is 0 Å². The second kappa shape index (κ2) is 8.87. The van der Waals surface area contributed by atoms with Gasteiger partial charge in [-0.05, 0) is 56.0 Å². The van der Waals surface area contributed by atoms with Crippen molar-refractivity contribution in [2.24, 2.45) is 5.92 Å². The van der Waals surface area contributed by atoms with Gasteiger partial charge in [-0.25, -0.2) is 0 Å². The van der Waals surface area contributed by atoms with Crippen molar-refractivity contribution in [3.8, 4) is 0 Å². The van der Waals surface area contributed by atoms with Crippen LogP contribution >= 0.6 is 0 Å². The van der Waals surface area contributed by atoms with E-state index in [1.807, 2.05) is 23.1 Å². The topological polar surface area (TPSA) is 52.8 Å². The lowest BCUT2D eigenvalue weighted by atomic mass is 9.90. The van der Waals surface area contributed by atoms with Crippen LogP contribution in [0.4, 0.5) is 11.4 Å². The van der Waals surface area contributed by atoms with E-state index in [1.54, 1.807) is 0 Å². The van der Waals surface area contributed by atoms with Crippen LogP contribution in [0.5, 0.6) is 0 Å². The molecule has 5 nitrogen and oxygen atoms in total. The van der Waals surface area contributed by atoms with Gasteiger partial charge in [0.1, 0.15) is 0 Å². The van der Waals surface area contributed by atoms with Crippen molar-refractivity contribution in [1.82, 2.24) is 9.80 Å². The van der Waals surface area contributed by atoms with Crippen molar-refractivity contribution < 1.29 is 4.79 Å². The largest absolute Gasteiger partial charge is 0.397 e. The summed E-state index contributed by atoms with van der Waals surface area (Å²) in [6.07, 6.45) is 3.24. The highest BCUT2D eigenvalue weighted by atomic mass is 16.2. The number of rotatable bonds is 4. The summed E-state index contributed by atoms with van der Waals surface area (Å²) in [6, 6.07) is 16.5. The van der Waals surface area contributed by atoms with E-state index >= 15 is 0 Å². The van der Waals surface area contributed by atoms with Gasteiger partial charge in [-0.2, -0.15) is 0 Å². The van der Waals surface area contributed by atoms with Gasteiger partial charge in [0.05, 0.1) is 11.4 Å². The fraction of sp³-hybridized carbons (Fsp3) is 0.458. The van der Waals surface area contributed by atoms with Gasteiger partial charge in [0.25, 0.3) is 5.91 Å². The van der Waals surface area contributed by atoms with E-state index < -0.39 is 0 Å². The minimum atomic E-state index is 0.111. The molecule has 5 heteroatoms. The SMILES string of the molecule is CN1CCN(c2ccc(C(=O)N3CCC(Cc4ccccc4)CC3)cc2N)CC1. The maximum atomic E-state index is 13.0. The van der Waals surface area contributed by atoms with E-state index in [0.717, 1.165) is 64.2 Å². The average Bonchev–Trinajstić information content (AvgIpc) is 2.75. The van der Waals surface area contributed by atoms with Crippen molar-refractivity contribution in [2.45, 2.75) is 19.3 Å². The van der Waals surface area contributed by atoms with Crippen LogP contribution < -0.4 is 10.6 Å². The molecule has 2 fully saturated rings. The Morgan fingerprint density at radius 1 is 0.966 bits per heavy atom. The number of hydrogen-bond donors (Lipinski definition) is 1. The molecule has 0 bridgehead atoms. The minimum Gasteiger partial charge on any atom is -0.397 e. The van der Waals surface area contributed by atoms with Gasteiger partial charge in [-0.3, -0.25) is 4.79 Å². The number of amides is 1. The smallest absolute Gasteiger partial charge is 0.253 e. The molecule has 0 radical (unpaired) electrons. The number of likely N-dealkylation sites (N-methyl/N-ethyl adjacent to an activating group) is 1. The Morgan fingerprint density at radius 2 is 1.66 bits per heavy atom. The second-order valence-electron chi connectivity index (χ2n) is 8.49. The molecule has 2 aromatic carbocycles. The average molecular weight is 393 g/mol. The third-order valence-electron chi connectivity index (χ3n) is 6.39. The number of nitrogen functional groups attached to an aromatic ring is 1. The van der Waals surface area contributed by atoms with Crippen LogP contribution in [-0.2, 0) is 6.42 Å². The first kappa shape index (κ1) is 19.8. The van der Waals surface area contributed by atoms with Gasteiger partial charge in [0, 0.05) is 44.8 Å². The lowest BCUT2D eigenvalue weighted by molar-refractivity contribution is 0.0690. The highest BCUT2D eigenvalue weighted by molar-refractivity contribution is 5.96. The molecule has 2 aliphatic rings. The molecule has 2 aromatic rings. The molecular formula is C24H32N4O. The normalized spacial score (nSPS) is 18.8. The van der Waals surface area contributed by atoms with Crippen LogP contribution in [0, 0.1) is 5.92 Å². The molecule has 2 aliphatic heterocycles. The molecule has 0 unspecified atom stereocenters. The number of piperazine rings is 1. The molecule has 0 aromatic heterocycles. The van der Waals surface area contributed by atoms with Gasteiger partial charge < -0.3 is 20.4 Å². The highest BCUT2D eigenvalue weighted by Gasteiger charge is 2.25. The van der Waals surface area contributed by atoms with Crippen molar-refractivity contribution in [2.75, 3.05) is 56.9 Å². The number of likely N-dealkylation sites (tertiary alicyclic amines) is 1. The third kappa shape index (κ3) is 4.73. The molecule has 0 atom stereocenters. The van der Waals surface area contributed by atoms with E-state index in [1.165, 1.54) is 5.56 Å². The predicted molar refractivity (Wildman–Crippen MR) is 119 cm³/mol. The number of benzene rings is 2. The second-order valence-corrected chi connectivity index (χ2v) is 8.49. The Morgan fingerprint density at radius 3 is 2.31 bits per heavy atom. The van der Waals surface area contributed by atoms with Crippen LogP contribution in [0.3, 0.4) is 0 Å². The number of hydrogen-bond acceptors (Lipinski definition) is 4. The molecule has 0 spiro atoms. The first-order valence-electron chi connectivity index (χ1n) is 10.8. The summed E-state index contributed by atoms with van der Waals surface area (Å²) in [4.78, 5) is 19.6. The number of piperidine rings is 1. The third-order valence-corrected chi connectivity index (χ3v) is 6.39. The van der Waals surface area contributed by atoms with Crippen LogP contribution in [0.2, 0.25) is 0 Å². The van der Waals surface area contributed by atoms with Crippen molar-refractivity contribution in [3.05, 3.63) is 59.7 Å². The number of nitrogens with zero attached hydrogens (tertiary/aromatic N) is 3. The lowest BCUT2D eigenvalue weighted by Gasteiger charge is -2.35. The zero-order valence-electron chi connectivity index (χ0n) is 17.4. The highest BCUT2D eigenvalue weighted by Crippen LogP contribution is 2.27. The Hall–Kier alpha value is -2.53. The summed E-state index contributed by atoms with van der Waals surface area (Å²) in [6.45, 7) is 5.69. The number of carbonyl (C=O) groups excluding carboxylic acids is 1. The molecular weight excluding hydrogens is 360 g/mol. The maximum Gasteiger partial charge on any atom is 0.253 e. The van der Waals surface area contributed by atoms with Gasteiger partial charge in [-0.15, -0.1) is 0 Å². The van der Waals surface area contributed by atoms with E-state index in [2.05, 4.69) is 47.2 Å². The van der Waals surface area contributed by atoms with Crippen LogP contribution in [-0.4, -0.2) is 62.0 Å². The summed E-state index contributed by atoms with van der Waals surface area (Å²) in [7, 11) is 2.14. The van der Waals surface area contributed by atoms with Crippen molar-refractivity contribution in [1.29, 1.82) is 0 Å². The van der Waals surface area contributed by atoms with Gasteiger partial charge in [0.15, 0.2) is 0 Å². The van der Waals surface area contributed by atoms with Crippen LogP contribution in [0.15, 0.2) is 48.5 Å². The minimum absolute atomic E-state index is 0.111. The maximum absolute atomic E-state index is 13.0. The van der Waals surface area contributed by atoms with E-state index in [0.29, 0.717) is 17.2 Å². The van der Waals surface area contributed by atoms with Crippen LogP contribution in [0.1, 0.15) is 28.8 Å². The number of carbonyl (C=O) groups is 1. The van der Waals surface area contributed by atoms with Gasteiger partial charge in [-0.1, -0.05) is 30.3 Å². The quantitative estimate of drug-likeness (QED) is 0.813. The first-order chi connectivity index (χ1) is 14.1. The molecule has 0 saturated carbocycles. The fourth-order valence-corrected chi connectivity index (χ4v) is 4.49. The van der Waals surface area contributed by atoms with E-state index in [4.69, 9.17) is 5.73 Å². The van der Waals surface area contributed by atoms with Gasteiger partial charge in [0.2, 0.25) is 0 Å². The molecule has 4 rings (SSSR count). The number of nitrogens with two attached hydrogens (primary N) is 1. The Kier molecular flexibility index (Phi) is 6.05.